The van der Waals surface area contributed by atoms with E-state index in [9.17, 15) is 9.59 Å². The van der Waals surface area contributed by atoms with Crippen molar-refractivity contribution < 1.29 is 9.59 Å². The normalized spacial score (nSPS) is 10.1. The van der Waals surface area contributed by atoms with E-state index in [4.69, 9.17) is 11.5 Å². The van der Waals surface area contributed by atoms with Gasteiger partial charge in [0, 0.05) is 23.4 Å². The molecular weight excluding hydrogens is 266 g/mol. The van der Waals surface area contributed by atoms with Crippen molar-refractivity contribution >= 4 is 17.5 Å². The lowest BCUT2D eigenvalue weighted by atomic mass is 10.1. The molecule has 21 heavy (non-hydrogen) atoms. The maximum atomic E-state index is 12.0. The number of primary amides is 1. The summed E-state index contributed by atoms with van der Waals surface area (Å²) in [5.41, 5.74) is 14.2. The standard InChI is InChI=1S/C16H17N3O2/c1-10-5-6-13(8-14(10)17)16(21)19-9-11-3-2-4-12(7-11)15(18)20/h2-8H,9,17H2,1H3,(H2,18,20)(H,19,21). The molecule has 0 unspecified atom stereocenters. The first-order valence-electron chi connectivity index (χ1n) is 6.50. The van der Waals surface area contributed by atoms with Gasteiger partial charge in [0.1, 0.15) is 0 Å². The van der Waals surface area contributed by atoms with E-state index in [2.05, 4.69) is 5.32 Å². The first kappa shape index (κ1) is 14.6. The van der Waals surface area contributed by atoms with Crippen LogP contribution in [-0.4, -0.2) is 11.8 Å². The Morgan fingerprint density at radius 2 is 1.86 bits per heavy atom. The molecule has 0 saturated heterocycles. The second-order valence-electron chi connectivity index (χ2n) is 4.82. The number of benzene rings is 2. The molecule has 0 fully saturated rings. The van der Waals surface area contributed by atoms with Crippen LogP contribution < -0.4 is 16.8 Å². The fourth-order valence-corrected chi connectivity index (χ4v) is 1.90. The maximum absolute atomic E-state index is 12.0. The molecule has 0 saturated carbocycles. The summed E-state index contributed by atoms with van der Waals surface area (Å²) >= 11 is 0. The number of amides is 2. The van der Waals surface area contributed by atoms with E-state index >= 15 is 0 Å². The van der Waals surface area contributed by atoms with Gasteiger partial charge in [-0.15, -0.1) is 0 Å². The summed E-state index contributed by atoms with van der Waals surface area (Å²) < 4.78 is 0. The monoisotopic (exact) mass is 283 g/mol. The topological polar surface area (TPSA) is 98.2 Å². The number of hydrogen-bond acceptors (Lipinski definition) is 3. The Morgan fingerprint density at radius 3 is 2.52 bits per heavy atom. The van der Waals surface area contributed by atoms with Crippen molar-refractivity contribution in [1.82, 2.24) is 5.32 Å². The SMILES string of the molecule is Cc1ccc(C(=O)NCc2cccc(C(N)=O)c2)cc1N. The van der Waals surface area contributed by atoms with Crippen molar-refractivity contribution in [2.45, 2.75) is 13.5 Å². The summed E-state index contributed by atoms with van der Waals surface area (Å²) in [5.74, 6) is -0.708. The Balaban J connectivity index is 2.05. The highest BCUT2D eigenvalue weighted by molar-refractivity contribution is 5.95. The average molecular weight is 283 g/mol. The Hall–Kier alpha value is -2.82. The minimum atomic E-state index is -0.491. The average Bonchev–Trinajstić information content (AvgIpc) is 2.48. The molecule has 5 nitrogen and oxygen atoms in total. The van der Waals surface area contributed by atoms with Gasteiger partial charge in [0.2, 0.25) is 5.91 Å². The molecule has 0 heterocycles. The van der Waals surface area contributed by atoms with Crippen LogP contribution in [0.5, 0.6) is 0 Å². The van der Waals surface area contributed by atoms with E-state index in [1.807, 2.05) is 13.0 Å². The number of carbonyl (C=O) groups excluding carboxylic acids is 2. The molecule has 0 aliphatic rings. The minimum Gasteiger partial charge on any atom is -0.398 e. The molecule has 108 valence electrons. The summed E-state index contributed by atoms with van der Waals surface area (Å²) in [5, 5.41) is 2.78. The van der Waals surface area contributed by atoms with E-state index in [0.717, 1.165) is 11.1 Å². The summed E-state index contributed by atoms with van der Waals surface area (Å²) in [6.45, 7) is 2.19. The first-order valence-corrected chi connectivity index (χ1v) is 6.50. The zero-order chi connectivity index (χ0) is 15.4. The van der Waals surface area contributed by atoms with Gasteiger partial charge in [-0.3, -0.25) is 9.59 Å². The van der Waals surface area contributed by atoms with Gasteiger partial charge in [-0.2, -0.15) is 0 Å². The number of nitrogens with two attached hydrogens (primary N) is 2. The number of aryl methyl sites for hydroxylation is 1. The third kappa shape index (κ3) is 3.60. The minimum absolute atomic E-state index is 0.217. The number of nitrogen functional groups attached to an aromatic ring is 1. The van der Waals surface area contributed by atoms with E-state index in [1.165, 1.54) is 0 Å². The van der Waals surface area contributed by atoms with Gasteiger partial charge >= 0.3 is 0 Å². The maximum Gasteiger partial charge on any atom is 0.251 e. The number of rotatable bonds is 4. The lowest BCUT2D eigenvalue weighted by Crippen LogP contribution is -2.23. The molecule has 0 aliphatic heterocycles. The highest BCUT2D eigenvalue weighted by Gasteiger charge is 2.07. The predicted molar refractivity (Wildman–Crippen MR) is 81.7 cm³/mol. The van der Waals surface area contributed by atoms with Gasteiger partial charge < -0.3 is 16.8 Å². The van der Waals surface area contributed by atoms with Crippen LogP contribution in [0.3, 0.4) is 0 Å². The number of nitrogens with one attached hydrogen (secondary N) is 1. The van der Waals surface area contributed by atoms with Gasteiger partial charge in [-0.05, 0) is 42.3 Å². The molecule has 2 rings (SSSR count). The zero-order valence-electron chi connectivity index (χ0n) is 11.7. The lowest BCUT2D eigenvalue weighted by Gasteiger charge is -2.08. The van der Waals surface area contributed by atoms with Crippen LogP contribution in [0.2, 0.25) is 0 Å². The summed E-state index contributed by atoms with van der Waals surface area (Å²) in [6, 6.07) is 12.0. The fraction of sp³-hybridized carbons (Fsp3) is 0.125. The quantitative estimate of drug-likeness (QED) is 0.743. The van der Waals surface area contributed by atoms with Crippen LogP contribution in [0, 0.1) is 6.92 Å². The summed E-state index contributed by atoms with van der Waals surface area (Å²) in [6.07, 6.45) is 0. The van der Waals surface area contributed by atoms with Gasteiger partial charge in [-0.1, -0.05) is 18.2 Å². The van der Waals surface area contributed by atoms with Crippen molar-refractivity contribution in [2.75, 3.05) is 5.73 Å². The molecular formula is C16H17N3O2. The Labute approximate surface area is 123 Å². The Bertz CT molecular complexity index is 696. The first-order chi connectivity index (χ1) is 9.97. The van der Waals surface area contributed by atoms with Crippen LogP contribution in [0.15, 0.2) is 42.5 Å². The third-order valence-corrected chi connectivity index (χ3v) is 3.21. The molecule has 0 aromatic heterocycles. The molecule has 2 amide bonds. The smallest absolute Gasteiger partial charge is 0.251 e. The van der Waals surface area contributed by atoms with E-state index in [-0.39, 0.29) is 5.91 Å². The largest absolute Gasteiger partial charge is 0.398 e. The highest BCUT2D eigenvalue weighted by Crippen LogP contribution is 2.13. The van der Waals surface area contributed by atoms with Gasteiger partial charge in [-0.25, -0.2) is 0 Å². The third-order valence-electron chi connectivity index (χ3n) is 3.21. The van der Waals surface area contributed by atoms with E-state index in [0.29, 0.717) is 23.4 Å². The summed E-state index contributed by atoms with van der Waals surface area (Å²) in [4.78, 5) is 23.1. The molecule has 0 atom stereocenters. The van der Waals surface area contributed by atoms with Gasteiger partial charge in [0.25, 0.3) is 5.91 Å². The fourth-order valence-electron chi connectivity index (χ4n) is 1.90. The summed E-state index contributed by atoms with van der Waals surface area (Å²) in [7, 11) is 0. The molecule has 0 radical (unpaired) electrons. The molecule has 2 aromatic carbocycles. The van der Waals surface area contributed by atoms with Crippen molar-refractivity contribution in [1.29, 1.82) is 0 Å². The lowest BCUT2D eigenvalue weighted by molar-refractivity contribution is 0.0950. The zero-order valence-corrected chi connectivity index (χ0v) is 11.7. The van der Waals surface area contributed by atoms with Crippen LogP contribution in [0.4, 0.5) is 5.69 Å². The Morgan fingerprint density at radius 1 is 1.10 bits per heavy atom. The van der Waals surface area contributed by atoms with Gasteiger partial charge in [0.05, 0.1) is 0 Å². The van der Waals surface area contributed by atoms with Crippen LogP contribution in [0.25, 0.3) is 0 Å². The Kier molecular flexibility index (Phi) is 4.23. The van der Waals surface area contributed by atoms with Crippen LogP contribution in [0.1, 0.15) is 31.8 Å². The second kappa shape index (κ2) is 6.09. The van der Waals surface area contributed by atoms with Crippen LogP contribution >= 0.6 is 0 Å². The molecule has 0 bridgehead atoms. The molecule has 0 spiro atoms. The predicted octanol–water partition coefficient (Wildman–Crippen LogP) is 1.61. The molecule has 5 N–H and O–H groups in total. The highest BCUT2D eigenvalue weighted by atomic mass is 16.2. The van der Waals surface area contributed by atoms with Crippen LogP contribution in [-0.2, 0) is 6.54 Å². The van der Waals surface area contributed by atoms with Crippen molar-refractivity contribution in [3.63, 3.8) is 0 Å². The van der Waals surface area contributed by atoms with E-state index < -0.39 is 5.91 Å². The van der Waals surface area contributed by atoms with Crippen molar-refractivity contribution in [2.24, 2.45) is 5.73 Å². The number of carbonyl (C=O) groups is 2. The molecule has 0 aliphatic carbocycles. The number of hydrogen-bond donors (Lipinski definition) is 3. The number of anilines is 1. The van der Waals surface area contributed by atoms with Gasteiger partial charge in [0.15, 0.2) is 0 Å². The van der Waals surface area contributed by atoms with Crippen molar-refractivity contribution in [3.05, 3.63) is 64.7 Å². The molecule has 5 heteroatoms. The molecule has 2 aromatic rings. The van der Waals surface area contributed by atoms with Crippen molar-refractivity contribution in [3.8, 4) is 0 Å². The van der Waals surface area contributed by atoms with E-state index in [1.54, 1.807) is 36.4 Å². The second-order valence-corrected chi connectivity index (χ2v) is 4.82.